The lowest BCUT2D eigenvalue weighted by atomic mass is 10.2. The monoisotopic (exact) mass is 180 g/mol. The first-order valence-electron chi connectivity index (χ1n) is 4.36. The van der Waals surface area contributed by atoms with Crippen LogP contribution in [0.5, 0.6) is 0 Å². The summed E-state index contributed by atoms with van der Waals surface area (Å²) in [5.74, 6) is -0.214. The standard InChI is InChI=1S/C8H7FN2.C2H6/c1-5-2-7(9)6-4-10-11-8(6)3-5;1-2/h2-4H,1H3,(H,10,11);1-2H3. The summed E-state index contributed by atoms with van der Waals surface area (Å²) in [5.41, 5.74) is 1.65. The van der Waals surface area contributed by atoms with E-state index in [9.17, 15) is 4.39 Å². The molecule has 3 heteroatoms. The molecule has 0 atom stereocenters. The van der Waals surface area contributed by atoms with Crippen LogP contribution in [0.2, 0.25) is 0 Å². The molecule has 0 aliphatic rings. The molecule has 1 aromatic carbocycles. The van der Waals surface area contributed by atoms with Gasteiger partial charge in [-0.3, -0.25) is 5.10 Å². The predicted molar refractivity (Wildman–Crippen MR) is 52.1 cm³/mol. The van der Waals surface area contributed by atoms with Gasteiger partial charge in [-0.15, -0.1) is 0 Å². The Morgan fingerprint density at radius 1 is 1.31 bits per heavy atom. The lowest BCUT2D eigenvalue weighted by Gasteiger charge is -1.93. The number of rotatable bonds is 0. The molecule has 1 heterocycles. The summed E-state index contributed by atoms with van der Waals surface area (Å²) in [5, 5.41) is 7.00. The molecule has 2 aromatic rings. The van der Waals surface area contributed by atoms with E-state index in [0.29, 0.717) is 5.39 Å². The van der Waals surface area contributed by atoms with Crippen molar-refractivity contribution in [1.29, 1.82) is 0 Å². The molecule has 1 aromatic heterocycles. The first-order valence-corrected chi connectivity index (χ1v) is 4.36. The van der Waals surface area contributed by atoms with E-state index in [1.165, 1.54) is 12.3 Å². The average molecular weight is 180 g/mol. The predicted octanol–water partition coefficient (Wildman–Crippen LogP) is 3.04. The summed E-state index contributed by atoms with van der Waals surface area (Å²) in [4.78, 5) is 0. The molecule has 0 radical (unpaired) electrons. The molecule has 70 valence electrons. The maximum atomic E-state index is 13.0. The average Bonchev–Trinajstić information content (AvgIpc) is 2.55. The SMILES string of the molecule is CC.Cc1cc(F)c2cn[nH]c2c1. The van der Waals surface area contributed by atoms with Crippen molar-refractivity contribution in [3.63, 3.8) is 0 Å². The Kier molecular flexibility index (Phi) is 3.01. The van der Waals surface area contributed by atoms with E-state index in [1.807, 2.05) is 26.8 Å². The Balaban J connectivity index is 0.000000396. The first-order chi connectivity index (χ1) is 6.27. The van der Waals surface area contributed by atoms with Gasteiger partial charge in [0, 0.05) is 0 Å². The van der Waals surface area contributed by atoms with Gasteiger partial charge in [0.05, 0.1) is 17.1 Å². The number of nitrogens with one attached hydrogen (secondary N) is 1. The largest absolute Gasteiger partial charge is 0.278 e. The van der Waals surface area contributed by atoms with Crippen LogP contribution in [0.3, 0.4) is 0 Å². The zero-order valence-corrected chi connectivity index (χ0v) is 8.06. The van der Waals surface area contributed by atoms with E-state index in [4.69, 9.17) is 0 Å². The molecular weight excluding hydrogens is 167 g/mol. The number of hydrogen-bond donors (Lipinski definition) is 1. The molecular formula is C10H13FN2. The smallest absolute Gasteiger partial charge is 0.134 e. The van der Waals surface area contributed by atoms with Gasteiger partial charge in [0.15, 0.2) is 0 Å². The third-order valence-corrected chi connectivity index (χ3v) is 1.65. The number of fused-ring (bicyclic) bond motifs is 1. The van der Waals surface area contributed by atoms with E-state index in [0.717, 1.165) is 11.1 Å². The zero-order chi connectivity index (χ0) is 9.84. The molecule has 0 spiro atoms. The summed E-state index contributed by atoms with van der Waals surface area (Å²) in [6.45, 7) is 5.85. The zero-order valence-electron chi connectivity index (χ0n) is 8.06. The molecule has 0 unspecified atom stereocenters. The number of hydrogen-bond acceptors (Lipinski definition) is 1. The number of nitrogens with zero attached hydrogens (tertiary/aromatic N) is 1. The van der Waals surface area contributed by atoms with E-state index in [1.54, 1.807) is 0 Å². The molecule has 2 rings (SSSR count). The minimum Gasteiger partial charge on any atom is -0.278 e. The highest BCUT2D eigenvalue weighted by atomic mass is 19.1. The van der Waals surface area contributed by atoms with Gasteiger partial charge < -0.3 is 0 Å². The first kappa shape index (κ1) is 9.71. The molecule has 13 heavy (non-hydrogen) atoms. The van der Waals surface area contributed by atoms with Crippen molar-refractivity contribution in [3.05, 3.63) is 29.7 Å². The fourth-order valence-electron chi connectivity index (χ4n) is 1.14. The van der Waals surface area contributed by atoms with Crippen molar-refractivity contribution < 1.29 is 4.39 Å². The second-order valence-electron chi connectivity index (χ2n) is 2.58. The summed E-state index contributed by atoms with van der Waals surface area (Å²) in [6.07, 6.45) is 1.49. The minimum atomic E-state index is -0.214. The second kappa shape index (κ2) is 4.03. The van der Waals surface area contributed by atoms with Gasteiger partial charge in [0.1, 0.15) is 5.82 Å². The van der Waals surface area contributed by atoms with Crippen molar-refractivity contribution in [2.75, 3.05) is 0 Å². The van der Waals surface area contributed by atoms with Crippen LogP contribution >= 0.6 is 0 Å². The number of aromatic amines is 1. The van der Waals surface area contributed by atoms with Crippen molar-refractivity contribution in [2.45, 2.75) is 20.8 Å². The lowest BCUT2D eigenvalue weighted by molar-refractivity contribution is 0.639. The molecule has 0 aliphatic carbocycles. The molecule has 1 N–H and O–H groups in total. The van der Waals surface area contributed by atoms with Crippen molar-refractivity contribution in [2.24, 2.45) is 0 Å². The van der Waals surface area contributed by atoms with Crippen molar-refractivity contribution in [1.82, 2.24) is 10.2 Å². The van der Waals surface area contributed by atoms with Crippen LogP contribution < -0.4 is 0 Å². The van der Waals surface area contributed by atoms with Crippen LogP contribution in [0.1, 0.15) is 19.4 Å². The van der Waals surface area contributed by atoms with E-state index in [2.05, 4.69) is 10.2 Å². The van der Waals surface area contributed by atoms with Crippen LogP contribution in [-0.2, 0) is 0 Å². The van der Waals surface area contributed by atoms with Crippen LogP contribution in [0, 0.1) is 12.7 Å². The highest BCUT2D eigenvalue weighted by molar-refractivity contribution is 5.79. The minimum absolute atomic E-state index is 0.214. The number of halogens is 1. The maximum absolute atomic E-state index is 13.0. The number of aromatic nitrogens is 2. The van der Waals surface area contributed by atoms with Gasteiger partial charge in [-0.1, -0.05) is 13.8 Å². The maximum Gasteiger partial charge on any atom is 0.134 e. The van der Waals surface area contributed by atoms with E-state index < -0.39 is 0 Å². The fraction of sp³-hybridized carbons (Fsp3) is 0.300. The highest BCUT2D eigenvalue weighted by Gasteiger charge is 2.01. The van der Waals surface area contributed by atoms with Crippen LogP contribution in [0.15, 0.2) is 18.3 Å². The quantitative estimate of drug-likeness (QED) is 0.663. The lowest BCUT2D eigenvalue weighted by Crippen LogP contribution is -1.78. The molecule has 0 bridgehead atoms. The van der Waals surface area contributed by atoms with Gasteiger partial charge in [-0.25, -0.2) is 4.39 Å². The van der Waals surface area contributed by atoms with Gasteiger partial charge in [0.2, 0.25) is 0 Å². The normalized spacial score (nSPS) is 9.54. The topological polar surface area (TPSA) is 28.7 Å². The van der Waals surface area contributed by atoms with Gasteiger partial charge >= 0.3 is 0 Å². The van der Waals surface area contributed by atoms with Crippen LogP contribution in [-0.4, -0.2) is 10.2 Å². The fourth-order valence-corrected chi connectivity index (χ4v) is 1.14. The van der Waals surface area contributed by atoms with Gasteiger partial charge in [-0.2, -0.15) is 5.10 Å². The third-order valence-electron chi connectivity index (χ3n) is 1.65. The summed E-state index contributed by atoms with van der Waals surface area (Å²) in [6, 6.07) is 3.36. The Labute approximate surface area is 76.8 Å². The summed E-state index contributed by atoms with van der Waals surface area (Å²) in [7, 11) is 0. The Morgan fingerprint density at radius 2 is 2.00 bits per heavy atom. The van der Waals surface area contributed by atoms with E-state index in [-0.39, 0.29) is 5.82 Å². The van der Waals surface area contributed by atoms with Crippen molar-refractivity contribution in [3.8, 4) is 0 Å². The molecule has 0 aliphatic heterocycles. The molecule has 2 nitrogen and oxygen atoms in total. The summed E-state index contributed by atoms with van der Waals surface area (Å²) >= 11 is 0. The Morgan fingerprint density at radius 3 is 2.69 bits per heavy atom. The highest BCUT2D eigenvalue weighted by Crippen LogP contribution is 2.16. The van der Waals surface area contributed by atoms with Gasteiger partial charge in [-0.05, 0) is 24.6 Å². The molecule has 0 saturated carbocycles. The van der Waals surface area contributed by atoms with Crippen LogP contribution in [0.25, 0.3) is 10.9 Å². The number of aryl methyl sites for hydroxylation is 1. The van der Waals surface area contributed by atoms with E-state index >= 15 is 0 Å². The third kappa shape index (κ3) is 1.86. The van der Waals surface area contributed by atoms with Gasteiger partial charge in [0.25, 0.3) is 0 Å². The molecule has 0 amide bonds. The number of H-pyrrole nitrogens is 1. The molecule has 0 saturated heterocycles. The Bertz CT molecular complexity index is 393. The second-order valence-corrected chi connectivity index (χ2v) is 2.58. The molecule has 0 fully saturated rings. The summed E-state index contributed by atoms with van der Waals surface area (Å²) < 4.78 is 13.0. The Hall–Kier alpha value is -1.38. The van der Waals surface area contributed by atoms with Crippen molar-refractivity contribution >= 4 is 10.9 Å². The van der Waals surface area contributed by atoms with Crippen LogP contribution in [0.4, 0.5) is 4.39 Å². The number of benzene rings is 1.